The van der Waals surface area contributed by atoms with Crippen molar-refractivity contribution < 1.29 is 4.79 Å². The van der Waals surface area contributed by atoms with Gasteiger partial charge in [0.1, 0.15) is 0 Å². The number of hydrogen-bond donors (Lipinski definition) is 1. The Hall–Kier alpha value is -2.95. The molecule has 0 fully saturated rings. The molecule has 0 aliphatic heterocycles. The van der Waals surface area contributed by atoms with Gasteiger partial charge in [-0.15, -0.1) is 0 Å². The van der Waals surface area contributed by atoms with Gasteiger partial charge in [0, 0.05) is 43.3 Å². The van der Waals surface area contributed by atoms with Gasteiger partial charge >= 0.3 is 0 Å². The maximum atomic E-state index is 12.1. The van der Waals surface area contributed by atoms with Gasteiger partial charge in [-0.05, 0) is 24.1 Å². The molecule has 0 aliphatic carbocycles. The molecule has 0 aliphatic rings. The summed E-state index contributed by atoms with van der Waals surface area (Å²) in [5.41, 5.74) is 5.16. The summed E-state index contributed by atoms with van der Waals surface area (Å²) in [5.74, 6) is 0.00683. The molecule has 0 atom stereocenters. The number of nitrogens with zero attached hydrogens (tertiary/aromatic N) is 3. The van der Waals surface area contributed by atoms with E-state index in [9.17, 15) is 4.79 Å². The van der Waals surface area contributed by atoms with E-state index < -0.39 is 0 Å². The van der Waals surface area contributed by atoms with E-state index >= 15 is 0 Å². The molecular weight excluding hydrogens is 300 g/mol. The molecule has 0 spiro atoms. The summed E-state index contributed by atoms with van der Waals surface area (Å²) in [4.78, 5) is 16.4. The molecule has 0 saturated heterocycles. The second-order valence-corrected chi connectivity index (χ2v) is 5.93. The number of aromatic nitrogens is 3. The lowest BCUT2D eigenvalue weighted by molar-refractivity contribution is -0.120. The first kappa shape index (κ1) is 15.9. The van der Waals surface area contributed by atoms with Crippen LogP contribution in [0.25, 0.3) is 11.1 Å². The molecule has 0 saturated carbocycles. The van der Waals surface area contributed by atoms with Crippen molar-refractivity contribution in [3.8, 4) is 11.1 Å². The largest absolute Gasteiger partial charge is 0.352 e. The maximum Gasteiger partial charge on any atom is 0.224 e. The van der Waals surface area contributed by atoms with E-state index in [0.717, 1.165) is 27.8 Å². The van der Waals surface area contributed by atoms with E-state index in [2.05, 4.69) is 15.4 Å². The number of benzene rings is 1. The first-order valence-corrected chi connectivity index (χ1v) is 7.85. The van der Waals surface area contributed by atoms with E-state index in [4.69, 9.17) is 0 Å². The number of rotatable bonds is 5. The molecule has 0 radical (unpaired) electrons. The zero-order chi connectivity index (χ0) is 16.9. The van der Waals surface area contributed by atoms with Crippen molar-refractivity contribution in [2.75, 3.05) is 0 Å². The fourth-order valence-corrected chi connectivity index (χ4v) is 2.58. The minimum Gasteiger partial charge on any atom is -0.352 e. The molecule has 3 aromatic rings. The van der Waals surface area contributed by atoms with Gasteiger partial charge < -0.3 is 5.32 Å². The third kappa shape index (κ3) is 4.07. The minimum atomic E-state index is 0.00683. The van der Waals surface area contributed by atoms with Gasteiger partial charge in [0.25, 0.3) is 0 Å². The molecule has 2 aromatic heterocycles. The lowest BCUT2D eigenvalue weighted by atomic mass is 10.1. The van der Waals surface area contributed by atoms with Crippen LogP contribution in [0, 0.1) is 6.92 Å². The van der Waals surface area contributed by atoms with E-state index in [0.29, 0.717) is 13.0 Å². The average Bonchev–Trinajstić information content (AvgIpc) is 3.00. The van der Waals surface area contributed by atoms with Crippen LogP contribution < -0.4 is 5.32 Å². The molecule has 1 amide bonds. The molecule has 2 heterocycles. The third-order valence-corrected chi connectivity index (χ3v) is 3.77. The van der Waals surface area contributed by atoms with E-state index in [1.165, 1.54) is 0 Å². The van der Waals surface area contributed by atoms with Crippen LogP contribution in [0.1, 0.15) is 16.7 Å². The van der Waals surface area contributed by atoms with Crippen molar-refractivity contribution in [1.29, 1.82) is 0 Å². The normalized spacial score (nSPS) is 10.6. The molecule has 5 nitrogen and oxygen atoms in total. The highest BCUT2D eigenvalue weighted by molar-refractivity contribution is 5.78. The summed E-state index contributed by atoms with van der Waals surface area (Å²) in [6.45, 7) is 2.49. The molecule has 0 unspecified atom stereocenters. The van der Waals surface area contributed by atoms with Crippen molar-refractivity contribution >= 4 is 5.91 Å². The highest BCUT2D eigenvalue weighted by Gasteiger charge is 2.06. The lowest BCUT2D eigenvalue weighted by Gasteiger charge is -2.07. The van der Waals surface area contributed by atoms with Crippen LogP contribution in [0.4, 0.5) is 0 Å². The summed E-state index contributed by atoms with van der Waals surface area (Å²) in [7, 11) is 1.88. The molecule has 1 aromatic carbocycles. The number of hydrogen-bond acceptors (Lipinski definition) is 3. The second kappa shape index (κ2) is 7.08. The van der Waals surface area contributed by atoms with Crippen LogP contribution in [0.2, 0.25) is 0 Å². The van der Waals surface area contributed by atoms with Crippen molar-refractivity contribution in [2.24, 2.45) is 7.05 Å². The predicted octanol–water partition coefficient (Wildman–Crippen LogP) is 2.65. The number of carbonyl (C=O) groups is 1. The number of carbonyl (C=O) groups excluding carboxylic acids is 1. The third-order valence-electron chi connectivity index (χ3n) is 3.77. The van der Waals surface area contributed by atoms with Crippen LogP contribution in [0.5, 0.6) is 0 Å². The van der Waals surface area contributed by atoms with E-state index in [-0.39, 0.29) is 5.91 Å². The highest BCUT2D eigenvalue weighted by atomic mass is 16.1. The summed E-state index contributed by atoms with van der Waals surface area (Å²) in [5, 5.41) is 7.12. The fraction of sp³-hybridized carbons (Fsp3) is 0.211. The molecule has 1 N–H and O–H groups in total. The minimum absolute atomic E-state index is 0.00683. The predicted molar refractivity (Wildman–Crippen MR) is 93.2 cm³/mol. The Labute approximate surface area is 141 Å². The van der Waals surface area contributed by atoms with E-state index in [1.807, 2.05) is 50.5 Å². The Morgan fingerprint density at radius 2 is 2.00 bits per heavy atom. The highest BCUT2D eigenvalue weighted by Crippen LogP contribution is 2.18. The van der Waals surface area contributed by atoms with Gasteiger partial charge in [0.2, 0.25) is 5.91 Å². The van der Waals surface area contributed by atoms with Gasteiger partial charge in [0.15, 0.2) is 0 Å². The standard InChI is InChI=1S/C19H20N4O/c1-14-4-3-5-15(6-14)8-19(24)21-10-16-7-17(11-20-9-16)18-12-22-23(2)13-18/h3-7,9,11-13H,8,10H2,1-2H3,(H,21,24). The SMILES string of the molecule is Cc1cccc(CC(=O)NCc2cncc(-c3cnn(C)c3)c2)c1. The number of aryl methyl sites for hydroxylation is 2. The molecule has 122 valence electrons. The Kier molecular flexibility index (Phi) is 4.70. The van der Waals surface area contributed by atoms with Crippen LogP contribution in [0.3, 0.4) is 0 Å². The van der Waals surface area contributed by atoms with Crippen LogP contribution in [-0.4, -0.2) is 20.7 Å². The molecule has 3 rings (SSSR count). The van der Waals surface area contributed by atoms with Crippen molar-refractivity contribution in [1.82, 2.24) is 20.1 Å². The second-order valence-electron chi connectivity index (χ2n) is 5.93. The summed E-state index contributed by atoms with van der Waals surface area (Å²) >= 11 is 0. The maximum absolute atomic E-state index is 12.1. The zero-order valence-corrected chi connectivity index (χ0v) is 13.9. The zero-order valence-electron chi connectivity index (χ0n) is 13.9. The molecular formula is C19H20N4O. The van der Waals surface area contributed by atoms with Crippen LogP contribution in [0.15, 0.2) is 55.1 Å². The monoisotopic (exact) mass is 320 g/mol. The first-order valence-electron chi connectivity index (χ1n) is 7.85. The first-order chi connectivity index (χ1) is 11.6. The van der Waals surface area contributed by atoms with Gasteiger partial charge in [0.05, 0.1) is 12.6 Å². The Balaban J connectivity index is 1.61. The molecule has 5 heteroatoms. The quantitative estimate of drug-likeness (QED) is 0.786. The van der Waals surface area contributed by atoms with E-state index in [1.54, 1.807) is 23.3 Å². The Morgan fingerprint density at radius 1 is 1.12 bits per heavy atom. The van der Waals surface area contributed by atoms with Crippen molar-refractivity contribution in [3.05, 3.63) is 71.8 Å². The van der Waals surface area contributed by atoms with Gasteiger partial charge in [-0.25, -0.2) is 0 Å². The topological polar surface area (TPSA) is 59.8 Å². The Bertz CT molecular complexity index is 854. The molecule has 0 bridgehead atoms. The Morgan fingerprint density at radius 3 is 2.75 bits per heavy atom. The van der Waals surface area contributed by atoms with Crippen LogP contribution >= 0.6 is 0 Å². The lowest BCUT2D eigenvalue weighted by Crippen LogP contribution is -2.24. The average molecular weight is 320 g/mol. The summed E-state index contributed by atoms with van der Waals surface area (Å²) in [6, 6.07) is 10.0. The number of pyridine rings is 1. The van der Waals surface area contributed by atoms with Gasteiger partial charge in [-0.2, -0.15) is 5.10 Å². The smallest absolute Gasteiger partial charge is 0.224 e. The summed E-state index contributed by atoms with van der Waals surface area (Å²) in [6.07, 6.45) is 7.70. The molecule has 24 heavy (non-hydrogen) atoms. The van der Waals surface area contributed by atoms with Crippen molar-refractivity contribution in [2.45, 2.75) is 19.9 Å². The summed E-state index contributed by atoms with van der Waals surface area (Å²) < 4.78 is 1.76. The number of amides is 1. The van der Waals surface area contributed by atoms with Crippen molar-refractivity contribution in [3.63, 3.8) is 0 Å². The van der Waals surface area contributed by atoms with Crippen LogP contribution in [-0.2, 0) is 24.8 Å². The van der Waals surface area contributed by atoms with Gasteiger partial charge in [-0.3, -0.25) is 14.5 Å². The fourth-order valence-electron chi connectivity index (χ4n) is 2.58. The number of nitrogens with one attached hydrogen (secondary N) is 1. The van der Waals surface area contributed by atoms with Gasteiger partial charge in [-0.1, -0.05) is 29.8 Å².